The number of fused-ring (bicyclic) bond motifs is 4. The van der Waals surface area contributed by atoms with Crippen LogP contribution in [-0.2, 0) is 16.1 Å². The van der Waals surface area contributed by atoms with Gasteiger partial charge in [0.25, 0.3) is 17.7 Å². The zero-order valence-corrected chi connectivity index (χ0v) is 35.6. The Hall–Kier alpha value is -7.11. The minimum Gasteiger partial charge on any atom is -0.496 e. The number of nitrogens with one attached hydrogen (secondary N) is 5. The third-order valence-electron chi connectivity index (χ3n) is 12.0. The number of H-pyrrole nitrogens is 1. The summed E-state index contributed by atoms with van der Waals surface area (Å²) in [6.07, 6.45) is 6.67. The molecule has 0 spiro atoms. The second kappa shape index (κ2) is 17.0. The molecule has 0 radical (unpaired) electrons. The summed E-state index contributed by atoms with van der Waals surface area (Å²) in [7, 11) is 1.62. The van der Waals surface area contributed by atoms with Crippen LogP contribution in [0.4, 0.5) is 17.3 Å². The van der Waals surface area contributed by atoms with Crippen molar-refractivity contribution in [2.75, 3.05) is 30.8 Å². The highest BCUT2D eigenvalue weighted by molar-refractivity contribution is 6.25. The molecule has 2 aliphatic heterocycles. The highest BCUT2D eigenvalue weighted by Gasteiger charge is 2.45. The van der Waals surface area contributed by atoms with Crippen LogP contribution in [0.3, 0.4) is 0 Å². The number of hydrogen-bond acceptors (Lipinski definition) is 13. The number of benzene rings is 2. The maximum atomic E-state index is 13.7. The molecule has 63 heavy (non-hydrogen) atoms. The van der Waals surface area contributed by atoms with Crippen LogP contribution >= 0.6 is 0 Å². The molecule has 18 heteroatoms. The fourth-order valence-corrected chi connectivity index (χ4v) is 8.67. The normalized spacial score (nSPS) is 16.3. The number of carbonyl (C=O) groups excluding carboxylic acids is 5. The topological polar surface area (TPSA) is 231 Å². The largest absolute Gasteiger partial charge is 0.496 e. The Morgan fingerprint density at radius 2 is 1.73 bits per heavy atom. The van der Waals surface area contributed by atoms with Crippen molar-refractivity contribution < 1.29 is 33.2 Å². The van der Waals surface area contributed by atoms with E-state index in [1.54, 1.807) is 25.3 Å². The number of nitrogens with zero attached hydrogens (tertiary/aromatic N) is 6. The van der Waals surface area contributed by atoms with Gasteiger partial charge in [-0.2, -0.15) is 5.10 Å². The van der Waals surface area contributed by atoms with Crippen molar-refractivity contribution >= 4 is 68.8 Å². The Morgan fingerprint density at radius 1 is 0.937 bits per heavy atom. The first-order chi connectivity index (χ1) is 30.5. The molecular weight excluding hydrogens is 807 g/mol. The second-order valence-corrected chi connectivity index (χ2v) is 16.3. The van der Waals surface area contributed by atoms with E-state index in [-0.39, 0.29) is 35.7 Å². The van der Waals surface area contributed by atoms with Gasteiger partial charge in [-0.1, -0.05) is 30.5 Å². The van der Waals surface area contributed by atoms with E-state index in [4.69, 9.17) is 24.3 Å². The minimum absolute atomic E-state index is 0.0262. The molecule has 326 valence electrons. The summed E-state index contributed by atoms with van der Waals surface area (Å²) in [6.45, 7) is 7.46. The quantitative estimate of drug-likeness (QED) is 0.0493. The molecular formula is C45H49N11O7. The number of rotatable bonds is 17. The number of aromatic amines is 1. The van der Waals surface area contributed by atoms with Gasteiger partial charge in [-0.25, -0.2) is 14.6 Å². The van der Waals surface area contributed by atoms with Crippen molar-refractivity contribution in [1.29, 1.82) is 0 Å². The number of ether oxygens (including phenoxy) is 1. The molecule has 1 atom stereocenters. The average molecular weight is 856 g/mol. The van der Waals surface area contributed by atoms with Crippen molar-refractivity contribution in [3.63, 3.8) is 0 Å². The molecule has 18 nitrogen and oxygen atoms in total. The van der Waals surface area contributed by atoms with E-state index in [1.165, 1.54) is 0 Å². The first-order valence-corrected chi connectivity index (χ1v) is 21.6. The third kappa shape index (κ3) is 7.85. The number of imide groups is 2. The number of carbonyl (C=O) groups is 5. The second-order valence-electron chi connectivity index (χ2n) is 16.3. The minimum atomic E-state index is -1.01. The number of aryl methyl sites for hydroxylation is 3. The van der Waals surface area contributed by atoms with E-state index in [9.17, 15) is 24.0 Å². The van der Waals surface area contributed by atoms with E-state index >= 15 is 0 Å². The Balaban J connectivity index is 0.836. The van der Waals surface area contributed by atoms with Crippen molar-refractivity contribution in [2.24, 2.45) is 0 Å². The lowest BCUT2D eigenvalue weighted by Crippen LogP contribution is -2.54. The molecule has 1 aliphatic carbocycles. The Bertz CT molecular complexity index is 2800. The summed E-state index contributed by atoms with van der Waals surface area (Å²) in [5.41, 5.74) is 5.74. The smallest absolute Gasteiger partial charge is 0.289 e. The number of methoxy groups -OCH3 is 1. The summed E-state index contributed by atoms with van der Waals surface area (Å²) in [5.74, 6) is 0.522. The zero-order chi connectivity index (χ0) is 43.9. The van der Waals surface area contributed by atoms with E-state index in [1.807, 2.05) is 37.6 Å². The lowest BCUT2D eigenvalue weighted by molar-refractivity contribution is -0.136. The highest BCUT2D eigenvalue weighted by atomic mass is 16.5. The molecule has 6 heterocycles. The van der Waals surface area contributed by atoms with Crippen LogP contribution in [0.15, 0.2) is 40.9 Å². The Labute approximate surface area is 361 Å². The maximum Gasteiger partial charge on any atom is 0.289 e. The molecule has 6 aromatic rings. The van der Waals surface area contributed by atoms with Crippen LogP contribution in [-0.4, -0.2) is 90.6 Å². The fourth-order valence-electron chi connectivity index (χ4n) is 8.67. The summed E-state index contributed by atoms with van der Waals surface area (Å²) >= 11 is 0. The van der Waals surface area contributed by atoms with Gasteiger partial charge in [-0.05, 0) is 77.1 Å². The van der Waals surface area contributed by atoms with Crippen LogP contribution in [0, 0.1) is 13.8 Å². The Morgan fingerprint density at radius 3 is 2.46 bits per heavy atom. The number of hydrogen-bond donors (Lipinski definition) is 5. The highest BCUT2D eigenvalue weighted by Crippen LogP contribution is 2.43. The van der Waals surface area contributed by atoms with E-state index < -0.39 is 29.7 Å². The predicted octanol–water partition coefficient (Wildman–Crippen LogP) is 6.42. The molecule has 1 unspecified atom stereocenters. The lowest BCUT2D eigenvalue weighted by Gasteiger charge is -2.27. The molecule has 2 aromatic carbocycles. The monoisotopic (exact) mass is 855 g/mol. The van der Waals surface area contributed by atoms with Crippen molar-refractivity contribution in [3.05, 3.63) is 70.5 Å². The zero-order valence-electron chi connectivity index (χ0n) is 35.6. The third-order valence-corrected chi connectivity index (χ3v) is 12.0. The van der Waals surface area contributed by atoms with E-state index in [0.717, 1.165) is 89.1 Å². The number of aromatic nitrogens is 6. The van der Waals surface area contributed by atoms with Crippen LogP contribution < -0.4 is 26.0 Å². The van der Waals surface area contributed by atoms with Crippen molar-refractivity contribution in [1.82, 2.24) is 45.4 Å². The Kier molecular flexibility index (Phi) is 11.1. The lowest BCUT2D eigenvalue weighted by atomic mass is 10.0. The van der Waals surface area contributed by atoms with Crippen LogP contribution in [0.5, 0.6) is 5.75 Å². The van der Waals surface area contributed by atoms with Gasteiger partial charge >= 0.3 is 0 Å². The molecule has 1 saturated heterocycles. The first-order valence-electron chi connectivity index (χ1n) is 21.6. The molecule has 4 aromatic heterocycles. The van der Waals surface area contributed by atoms with Crippen LogP contribution in [0.1, 0.15) is 119 Å². The van der Waals surface area contributed by atoms with Gasteiger partial charge < -0.3 is 30.2 Å². The number of amides is 5. The SMILES string of the molecule is CCn1nc(C2CC2)cc1Nc1nc(C(=O)NCCCCCCCNc2cccc3c2C(=O)N(C2CCC(=O)NC2=O)C3=O)nc2[nH]c3cc(-c4c(C)noc4C)c(OC)cc3c12. The average Bonchev–Trinajstić information content (AvgIpc) is 3.72. The van der Waals surface area contributed by atoms with Crippen molar-refractivity contribution in [2.45, 2.75) is 97.1 Å². The summed E-state index contributed by atoms with van der Waals surface area (Å²) in [4.78, 5) is 78.3. The maximum absolute atomic E-state index is 13.7. The molecule has 3 aliphatic rings. The fraction of sp³-hybridized carbons (Fsp3) is 0.400. The molecule has 5 amide bonds. The predicted molar refractivity (Wildman–Crippen MR) is 233 cm³/mol. The van der Waals surface area contributed by atoms with Gasteiger partial charge in [0.2, 0.25) is 17.6 Å². The van der Waals surface area contributed by atoms with Gasteiger partial charge in [0, 0.05) is 60.2 Å². The van der Waals surface area contributed by atoms with Crippen molar-refractivity contribution in [3.8, 4) is 16.9 Å². The summed E-state index contributed by atoms with van der Waals surface area (Å²) < 4.78 is 13.3. The molecule has 5 N–H and O–H groups in total. The number of unbranched alkanes of at least 4 members (excludes halogenated alkanes) is 4. The van der Waals surface area contributed by atoms with E-state index in [0.29, 0.717) is 59.6 Å². The molecule has 0 bridgehead atoms. The number of piperidine rings is 1. The summed E-state index contributed by atoms with van der Waals surface area (Å²) in [5, 5.41) is 22.5. The standard InChI is InChI=1S/C45H49N11O7/c1-5-55-34(22-30(53-55)25-14-15-25)49-40-38-27-21-33(62-4)28(36-23(2)54-63-24(36)3)20-31(27)48-39(38)51-41(52-40)43(59)47-19-10-8-6-7-9-18-46-29-13-11-12-26-37(29)45(61)56(44(26)60)32-16-17-35(57)50-42(32)58/h11-13,20-22,25,32,46H,5-10,14-19H2,1-4H3,(H,47,59)(H,50,57,58)(H2,48,49,51,52). The van der Waals surface area contributed by atoms with Gasteiger partial charge in [0.05, 0.1) is 40.6 Å². The molecule has 9 rings (SSSR count). The molecule has 1 saturated carbocycles. The van der Waals surface area contributed by atoms with E-state index in [2.05, 4.69) is 37.5 Å². The number of anilines is 3. The molecule has 2 fully saturated rings. The first kappa shape index (κ1) is 41.3. The van der Waals surface area contributed by atoms with Gasteiger partial charge in [-0.15, -0.1) is 0 Å². The van der Waals surface area contributed by atoms with Gasteiger partial charge in [0.15, 0.2) is 0 Å². The van der Waals surface area contributed by atoms with Crippen LogP contribution in [0.2, 0.25) is 0 Å². The van der Waals surface area contributed by atoms with Crippen LogP contribution in [0.25, 0.3) is 33.1 Å². The van der Waals surface area contributed by atoms with Gasteiger partial charge in [-0.3, -0.25) is 34.2 Å². The van der Waals surface area contributed by atoms with Gasteiger partial charge in [0.1, 0.15) is 34.8 Å². The summed E-state index contributed by atoms with van der Waals surface area (Å²) in [6, 6.07) is 10.0.